The first kappa shape index (κ1) is 17.2. The lowest BCUT2D eigenvalue weighted by atomic mass is 10.0. The summed E-state index contributed by atoms with van der Waals surface area (Å²) in [5.41, 5.74) is 1.31. The molecular formula is C20H17BrN2O2. The Morgan fingerprint density at radius 2 is 1.72 bits per heavy atom. The smallest absolute Gasteiger partial charge is 0.193 e. The minimum absolute atomic E-state index is 0.000669. The van der Waals surface area contributed by atoms with Gasteiger partial charge in [0.15, 0.2) is 5.78 Å². The van der Waals surface area contributed by atoms with Crippen LogP contribution in [-0.2, 0) is 6.54 Å². The van der Waals surface area contributed by atoms with Crippen LogP contribution in [0.15, 0.2) is 83.9 Å². The fraction of sp³-hybridized carbons (Fsp3) is 0.100. The summed E-state index contributed by atoms with van der Waals surface area (Å²) in [6.45, 7) is 1.25. The van der Waals surface area contributed by atoms with Gasteiger partial charge in [0.05, 0.1) is 6.33 Å². The van der Waals surface area contributed by atoms with Crippen molar-refractivity contribution in [3.63, 3.8) is 0 Å². The van der Waals surface area contributed by atoms with Gasteiger partial charge in [0, 0.05) is 34.5 Å². The molecule has 0 N–H and O–H groups in total. The number of hydrogen-bond acceptors (Lipinski definition) is 3. The molecule has 0 spiro atoms. The van der Waals surface area contributed by atoms with Crippen LogP contribution in [0.5, 0.6) is 5.75 Å². The van der Waals surface area contributed by atoms with Crippen molar-refractivity contribution < 1.29 is 9.53 Å². The summed E-state index contributed by atoms with van der Waals surface area (Å²) in [6, 6.07) is 14.5. The fourth-order valence-electron chi connectivity index (χ4n) is 2.27. The predicted octanol–water partition coefficient (Wildman–Crippen LogP) is 4.51. The third-order valence-electron chi connectivity index (χ3n) is 3.61. The van der Waals surface area contributed by atoms with Crippen LogP contribution in [0.3, 0.4) is 0 Å². The Labute approximate surface area is 154 Å². The fourth-order valence-corrected chi connectivity index (χ4v) is 2.54. The van der Waals surface area contributed by atoms with E-state index in [1.807, 2.05) is 59.3 Å². The van der Waals surface area contributed by atoms with Gasteiger partial charge in [0.25, 0.3) is 0 Å². The lowest BCUT2D eigenvalue weighted by Gasteiger charge is -2.05. The number of allylic oxidation sites excluding steroid dienone is 1. The molecule has 0 unspecified atom stereocenters. The minimum Gasteiger partial charge on any atom is -0.490 e. The second kappa shape index (κ2) is 8.44. The minimum atomic E-state index is -0.000669. The van der Waals surface area contributed by atoms with Gasteiger partial charge in [-0.1, -0.05) is 22.0 Å². The van der Waals surface area contributed by atoms with Crippen molar-refractivity contribution in [3.05, 3.63) is 95.0 Å². The van der Waals surface area contributed by atoms with Crippen LogP contribution in [0.1, 0.15) is 15.9 Å². The number of nitrogens with zero attached hydrogens (tertiary/aromatic N) is 2. The van der Waals surface area contributed by atoms with Crippen LogP contribution < -0.4 is 4.74 Å². The highest BCUT2D eigenvalue weighted by Gasteiger charge is 2.08. The van der Waals surface area contributed by atoms with E-state index in [2.05, 4.69) is 20.9 Å². The first-order chi connectivity index (χ1) is 12.2. The molecule has 5 heteroatoms. The maximum atomic E-state index is 12.4. The van der Waals surface area contributed by atoms with Crippen molar-refractivity contribution in [1.82, 2.24) is 9.55 Å². The van der Waals surface area contributed by atoms with E-state index in [1.54, 1.807) is 24.7 Å². The van der Waals surface area contributed by atoms with Gasteiger partial charge in [-0.25, -0.2) is 4.98 Å². The molecule has 0 fully saturated rings. The Balaban J connectivity index is 1.52. The molecule has 0 atom stereocenters. The van der Waals surface area contributed by atoms with E-state index in [0.717, 1.165) is 16.8 Å². The van der Waals surface area contributed by atoms with Crippen LogP contribution in [-0.4, -0.2) is 21.9 Å². The number of hydrogen-bond donors (Lipinski definition) is 0. The van der Waals surface area contributed by atoms with E-state index in [1.165, 1.54) is 0 Å². The SMILES string of the molecule is O=C(c1ccc(Br)cc1)c1ccc(OCC=CCn2ccnc2)cc1. The molecule has 3 aromatic rings. The Hall–Kier alpha value is -2.66. The van der Waals surface area contributed by atoms with E-state index >= 15 is 0 Å². The number of ketones is 1. The topological polar surface area (TPSA) is 44.1 Å². The summed E-state index contributed by atoms with van der Waals surface area (Å²) >= 11 is 3.37. The monoisotopic (exact) mass is 396 g/mol. The zero-order chi connectivity index (χ0) is 17.5. The third kappa shape index (κ3) is 4.90. The highest BCUT2D eigenvalue weighted by atomic mass is 79.9. The Morgan fingerprint density at radius 1 is 1.04 bits per heavy atom. The zero-order valence-corrected chi connectivity index (χ0v) is 15.1. The van der Waals surface area contributed by atoms with Gasteiger partial charge in [0.2, 0.25) is 0 Å². The van der Waals surface area contributed by atoms with Gasteiger partial charge >= 0.3 is 0 Å². The molecule has 1 heterocycles. The van der Waals surface area contributed by atoms with Crippen LogP contribution >= 0.6 is 15.9 Å². The summed E-state index contributed by atoms with van der Waals surface area (Å²) in [5.74, 6) is 0.735. The number of carbonyl (C=O) groups excluding carboxylic acids is 1. The Kier molecular flexibility index (Phi) is 5.80. The lowest BCUT2D eigenvalue weighted by Crippen LogP contribution is -2.01. The molecule has 0 saturated heterocycles. The zero-order valence-electron chi connectivity index (χ0n) is 13.5. The molecule has 0 saturated carbocycles. The summed E-state index contributed by atoms with van der Waals surface area (Å²) in [4.78, 5) is 16.4. The summed E-state index contributed by atoms with van der Waals surface area (Å²) in [6.07, 6.45) is 9.41. The third-order valence-corrected chi connectivity index (χ3v) is 4.14. The van der Waals surface area contributed by atoms with Crippen molar-refractivity contribution in [2.75, 3.05) is 6.61 Å². The maximum Gasteiger partial charge on any atom is 0.193 e. The number of benzene rings is 2. The number of halogens is 1. The highest BCUT2D eigenvalue weighted by molar-refractivity contribution is 9.10. The van der Waals surface area contributed by atoms with Crippen molar-refractivity contribution in [2.45, 2.75) is 6.54 Å². The number of aromatic nitrogens is 2. The first-order valence-corrected chi connectivity index (χ1v) is 8.65. The second-order valence-corrected chi connectivity index (χ2v) is 6.32. The Morgan fingerprint density at radius 3 is 2.36 bits per heavy atom. The molecule has 126 valence electrons. The standard InChI is InChI=1S/C20H17BrN2O2/c21-18-7-3-16(4-8-18)20(24)17-5-9-19(10-6-17)25-14-2-1-12-23-13-11-22-15-23/h1-11,13,15H,12,14H2. The number of ether oxygens (including phenoxy) is 1. The normalized spacial score (nSPS) is 10.9. The molecule has 0 amide bonds. The van der Waals surface area contributed by atoms with Crippen LogP contribution in [0.4, 0.5) is 0 Å². The van der Waals surface area contributed by atoms with Crippen molar-refractivity contribution in [3.8, 4) is 5.75 Å². The summed E-state index contributed by atoms with van der Waals surface area (Å²) in [5, 5.41) is 0. The molecule has 4 nitrogen and oxygen atoms in total. The number of imidazole rings is 1. The van der Waals surface area contributed by atoms with E-state index in [4.69, 9.17) is 4.74 Å². The number of carbonyl (C=O) groups is 1. The molecule has 1 aromatic heterocycles. The number of rotatable bonds is 7. The maximum absolute atomic E-state index is 12.4. The first-order valence-electron chi connectivity index (χ1n) is 7.86. The van der Waals surface area contributed by atoms with Crippen molar-refractivity contribution in [2.24, 2.45) is 0 Å². The van der Waals surface area contributed by atoms with E-state index in [-0.39, 0.29) is 5.78 Å². The van der Waals surface area contributed by atoms with Crippen LogP contribution in [0.2, 0.25) is 0 Å². The van der Waals surface area contributed by atoms with Gasteiger partial charge in [-0.2, -0.15) is 0 Å². The molecule has 0 aliphatic carbocycles. The van der Waals surface area contributed by atoms with E-state index < -0.39 is 0 Å². The molecule has 0 aliphatic heterocycles. The van der Waals surface area contributed by atoms with E-state index in [9.17, 15) is 4.79 Å². The molecule has 3 rings (SSSR count). The lowest BCUT2D eigenvalue weighted by molar-refractivity contribution is 0.103. The molecule has 0 bridgehead atoms. The van der Waals surface area contributed by atoms with Crippen molar-refractivity contribution >= 4 is 21.7 Å². The summed E-state index contributed by atoms with van der Waals surface area (Å²) in [7, 11) is 0. The van der Waals surface area contributed by atoms with Gasteiger partial charge in [0.1, 0.15) is 12.4 Å². The van der Waals surface area contributed by atoms with Crippen LogP contribution in [0, 0.1) is 0 Å². The average Bonchev–Trinajstić information content (AvgIpc) is 3.15. The van der Waals surface area contributed by atoms with Crippen molar-refractivity contribution in [1.29, 1.82) is 0 Å². The molecule has 0 radical (unpaired) electrons. The molecular weight excluding hydrogens is 380 g/mol. The molecule has 2 aromatic carbocycles. The quantitative estimate of drug-likeness (QED) is 0.435. The average molecular weight is 397 g/mol. The molecule has 25 heavy (non-hydrogen) atoms. The van der Waals surface area contributed by atoms with Crippen LogP contribution in [0.25, 0.3) is 0 Å². The van der Waals surface area contributed by atoms with E-state index in [0.29, 0.717) is 17.7 Å². The van der Waals surface area contributed by atoms with Gasteiger partial charge in [-0.05, 0) is 54.6 Å². The highest BCUT2D eigenvalue weighted by Crippen LogP contribution is 2.17. The van der Waals surface area contributed by atoms with Gasteiger partial charge in [-0.3, -0.25) is 4.79 Å². The summed E-state index contributed by atoms with van der Waals surface area (Å²) < 4.78 is 8.58. The Bertz CT molecular complexity index is 838. The molecule has 0 aliphatic rings. The van der Waals surface area contributed by atoms with Gasteiger partial charge < -0.3 is 9.30 Å². The van der Waals surface area contributed by atoms with Gasteiger partial charge in [-0.15, -0.1) is 0 Å². The predicted molar refractivity (Wildman–Crippen MR) is 101 cm³/mol. The largest absolute Gasteiger partial charge is 0.490 e. The second-order valence-electron chi connectivity index (χ2n) is 5.40.